The van der Waals surface area contributed by atoms with Crippen molar-refractivity contribution in [3.63, 3.8) is 0 Å². The van der Waals surface area contributed by atoms with Gasteiger partial charge in [-0.2, -0.15) is 0 Å². The molecule has 0 saturated heterocycles. The Hall–Kier alpha value is -2.08. The number of carboxylic acid groups (broad SMARTS) is 1. The number of amides is 2. The number of urea groups is 1. The summed E-state index contributed by atoms with van der Waals surface area (Å²) in [6, 6.07) is 7.02. The molecule has 1 aromatic carbocycles. The predicted molar refractivity (Wildman–Crippen MR) is 71.1 cm³/mol. The molecule has 104 valence electrons. The Kier molecular flexibility index (Phi) is 5.32. The number of rotatable bonds is 5. The molecular formula is C13H18N2O4. The van der Waals surface area contributed by atoms with Crippen LogP contribution in [-0.4, -0.2) is 40.9 Å². The molecule has 2 atom stereocenters. The zero-order chi connectivity index (χ0) is 14.4. The maximum atomic E-state index is 12.0. The largest absolute Gasteiger partial charge is 0.480 e. The van der Waals surface area contributed by atoms with Crippen LogP contribution in [0.25, 0.3) is 0 Å². The first-order chi connectivity index (χ1) is 8.97. The summed E-state index contributed by atoms with van der Waals surface area (Å²) in [6.45, 7) is 3.49. The van der Waals surface area contributed by atoms with Crippen LogP contribution in [-0.2, 0) is 4.79 Å². The molecule has 0 spiro atoms. The lowest BCUT2D eigenvalue weighted by Gasteiger charge is -2.25. The van der Waals surface area contributed by atoms with Crippen LogP contribution >= 0.6 is 0 Å². The molecule has 0 saturated carbocycles. The van der Waals surface area contributed by atoms with Crippen LogP contribution in [0.3, 0.4) is 0 Å². The summed E-state index contributed by atoms with van der Waals surface area (Å²) in [4.78, 5) is 24.4. The molecule has 3 N–H and O–H groups in total. The van der Waals surface area contributed by atoms with Crippen molar-refractivity contribution in [2.75, 3.05) is 11.4 Å². The lowest BCUT2D eigenvalue weighted by atomic mass is 10.2. The van der Waals surface area contributed by atoms with Gasteiger partial charge in [-0.15, -0.1) is 0 Å². The number of carboxylic acids is 1. The zero-order valence-corrected chi connectivity index (χ0v) is 10.9. The third-order valence-electron chi connectivity index (χ3n) is 2.66. The summed E-state index contributed by atoms with van der Waals surface area (Å²) in [5, 5.41) is 20.6. The second-order valence-corrected chi connectivity index (χ2v) is 4.09. The Morgan fingerprint density at radius 2 is 1.89 bits per heavy atom. The van der Waals surface area contributed by atoms with Crippen LogP contribution in [0.5, 0.6) is 0 Å². The van der Waals surface area contributed by atoms with Gasteiger partial charge >= 0.3 is 12.0 Å². The highest BCUT2D eigenvalue weighted by atomic mass is 16.4. The molecule has 1 rings (SSSR count). The van der Waals surface area contributed by atoms with Gasteiger partial charge in [0.25, 0.3) is 0 Å². The van der Waals surface area contributed by atoms with Gasteiger partial charge in [-0.1, -0.05) is 18.2 Å². The van der Waals surface area contributed by atoms with Gasteiger partial charge in [-0.05, 0) is 26.0 Å². The Balaban J connectivity index is 2.83. The molecule has 0 aliphatic heterocycles. The normalized spacial score (nSPS) is 13.4. The molecule has 6 heteroatoms. The lowest BCUT2D eigenvalue weighted by Crippen LogP contribution is -2.52. The van der Waals surface area contributed by atoms with Gasteiger partial charge in [0.05, 0.1) is 6.10 Å². The van der Waals surface area contributed by atoms with Crippen molar-refractivity contribution in [3.8, 4) is 0 Å². The molecule has 0 heterocycles. The summed E-state index contributed by atoms with van der Waals surface area (Å²) in [5.74, 6) is -1.27. The Labute approximate surface area is 111 Å². The summed E-state index contributed by atoms with van der Waals surface area (Å²) in [6.07, 6.45) is -1.17. The molecular weight excluding hydrogens is 248 g/mol. The maximum Gasteiger partial charge on any atom is 0.328 e. The fourth-order valence-corrected chi connectivity index (χ4v) is 1.65. The van der Waals surface area contributed by atoms with Crippen molar-refractivity contribution in [1.82, 2.24) is 5.32 Å². The van der Waals surface area contributed by atoms with Crippen LogP contribution in [0.15, 0.2) is 30.3 Å². The van der Waals surface area contributed by atoms with E-state index >= 15 is 0 Å². The first-order valence-electron chi connectivity index (χ1n) is 6.01. The molecule has 19 heavy (non-hydrogen) atoms. The molecule has 6 nitrogen and oxygen atoms in total. The van der Waals surface area contributed by atoms with Crippen molar-refractivity contribution < 1.29 is 19.8 Å². The number of anilines is 1. The third kappa shape index (κ3) is 3.96. The standard InChI is InChI=1S/C13H18N2O4/c1-3-15(10-7-5-4-6-8-10)13(19)14-11(9(2)16)12(17)18/h4-9,11,16H,3H2,1-2H3,(H,14,19)(H,17,18)/t9-,11+/m1/s1. The zero-order valence-electron chi connectivity index (χ0n) is 10.9. The number of para-hydroxylation sites is 1. The van der Waals surface area contributed by atoms with Crippen LogP contribution in [0.4, 0.5) is 10.5 Å². The van der Waals surface area contributed by atoms with E-state index in [-0.39, 0.29) is 0 Å². The second-order valence-electron chi connectivity index (χ2n) is 4.09. The smallest absolute Gasteiger partial charge is 0.328 e. The van der Waals surface area contributed by atoms with E-state index in [1.165, 1.54) is 11.8 Å². The van der Waals surface area contributed by atoms with Crippen LogP contribution in [0.2, 0.25) is 0 Å². The van der Waals surface area contributed by atoms with Crippen molar-refractivity contribution >= 4 is 17.7 Å². The quantitative estimate of drug-likeness (QED) is 0.743. The van der Waals surface area contributed by atoms with E-state index in [4.69, 9.17) is 5.11 Å². The van der Waals surface area contributed by atoms with E-state index in [9.17, 15) is 14.7 Å². The Bertz CT molecular complexity index is 434. The first-order valence-corrected chi connectivity index (χ1v) is 6.01. The minimum absolute atomic E-state index is 0.391. The topological polar surface area (TPSA) is 89.9 Å². The number of aliphatic hydroxyl groups is 1. The predicted octanol–water partition coefficient (Wildman–Crippen LogP) is 1.06. The number of aliphatic carboxylic acids is 1. The number of carbonyl (C=O) groups is 2. The van der Waals surface area contributed by atoms with Crippen molar-refractivity contribution in [2.45, 2.75) is 26.0 Å². The van der Waals surface area contributed by atoms with Crippen LogP contribution in [0, 0.1) is 0 Å². The highest BCUT2D eigenvalue weighted by Crippen LogP contribution is 2.13. The molecule has 2 amide bonds. The number of benzene rings is 1. The minimum Gasteiger partial charge on any atom is -0.480 e. The molecule has 1 aromatic rings. The number of nitrogens with one attached hydrogen (secondary N) is 1. The van der Waals surface area contributed by atoms with Crippen molar-refractivity contribution in [3.05, 3.63) is 30.3 Å². The first kappa shape index (κ1) is 15.0. The molecule has 0 aromatic heterocycles. The monoisotopic (exact) mass is 266 g/mol. The highest BCUT2D eigenvalue weighted by molar-refractivity contribution is 5.94. The van der Waals surface area contributed by atoms with E-state index in [2.05, 4.69) is 5.32 Å². The fraction of sp³-hybridized carbons (Fsp3) is 0.385. The minimum atomic E-state index is -1.33. The Morgan fingerprint density at radius 3 is 2.32 bits per heavy atom. The van der Waals surface area contributed by atoms with Gasteiger partial charge in [0.2, 0.25) is 0 Å². The van der Waals surface area contributed by atoms with Crippen LogP contribution < -0.4 is 10.2 Å². The van der Waals surface area contributed by atoms with E-state index < -0.39 is 24.1 Å². The van der Waals surface area contributed by atoms with Gasteiger partial charge in [0, 0.05) is 12.2 Å². The van der Waals surface area contributed by atoms with Crippen molar-refractivity contribution in [1.29, 1.82) is 0 Å². The average molecular weight is 266 g/mol. The van der Waals surface area contributed by atoms with Gasteiger partial charge in [-0.25, -0.2) is 9.59 Å². The summed E-state index contributed by atoms with van der Waals surface area (Å²) in [7, 11) is 0. The fourth-order valence-electron chi connectivity index (χ4n) is 1.65. The summed E-state index contributed by atoms with van der Waals surface area (Å²) < 4.78 is 0. The summed E-state index contributed by atoms with van der Waals surface area (Å²) >= 11 is 0. The number of hydrogen-bond donors (Lipinski definition) is 3. The number of nitrogens with zero attached hydrogens (tertiary/aromatic N) is 1. The molecule has 0 bridgehead atoms. The molecule has 0 fully saturated rings. The third-order valence-corrected chi connectivity index (χ3v) is 2.66. The van der Waals surface area contributed by atoms with E-state index in [1.54, 1.807) is 31.2 Å². The van der Waals surface area contributed by atoms with Crippen LogP contribution in [0.1, 0.15) is 13.8 Å². The van der Waals surface area contributed by atoms with Gasteiger partial charge in [0.1, 0.15) is 0 Å². The molecule has 0 aliphatic rings. The van der Waals surface area contributed by atoms with Gasteiger partial charge < -0.3 is 15.5 Å². The SMILES string of the molecule is CCN(C(=O)N[C@H](C(=O)O)[C@@H](C)O)c1ccccc1. The lowest BCUT2D eigenvalue weighted by molar-refractivity contribution is -0.141. The number of aliphatic hydroxyl groups excluding tert-OH is 1. The van der Waals surface area contributed by atoms with E-state index in [0.717, 1.165) is 0 Å². The number of hydrogen-bond acceptors (Lipinski definition) is 3. The molecule has 0 aliphatic carbocycles. The average Bonchev–Trinajstić information content (AvgIpc) is 2.37. The van der Waals surface area contributed by atoms with Gasteiger partial charge in [0.15, 0.2) is 6.04 Å². The molecule has 0 unspecified atom stereocenters. The number of carbonyl (C=O) groups excluding carboxylic acids is 1. The van der Waals surface area contributed by atoms with Gasteiger partial charge in [-0.3, -0.25) is 4.90 Å². The molecule has 0 radical (unpaired) electrons. The second kappa shape index (κ2) is 6.75. The summed E-state index contributed by atoms with van der Waals surface area (Å²) in [5.41, 5.74) is 0.664. The van der Waals surface area contributed by atoms with E-state index in [1.807, 2.05) is 6.07 Å². The maximum absolute atomic E-state index is 12.0. The van der Waals surface area contributed by atoms with E-state index in [0.29, 0.717) is 12.2 Å². The Morgan fingerprint density at radius 1 is 1.32 bits per heavy atom. The highest BCUT2D eigenvalue weighted by Gasteiger charge is 2.27. The van der Waals surface area contributed by atoms with Crippen molar-refractivity contribution in [2.24, 2.45) is 0 Å².